The molecule has 0 spiro atoms. The number of nitrogens with zero attached hydrogens (tertiary/aromatic N) is 2. The normalized spacial score (nSPS) is 20.6. The zero-order chi connectivity index (χ0) is 15.6. The summed E-state index contributed by atoms with van der Waals surface area (Å²) in [5.41, 5.74) is 2.38. The van der Waals surface area contributed by atoms with Crippen molar-refractivity contribution in [3.8, 4) is 0 Å². The monoisotopic (exact) mass is 300 g/mol. The molecule has 0 fully saturated rings. The van der Waals surface area contributed by atoms with Crippen LogP contribution < -0.4 is 10.6 Å². The molecule has 0 saturated carbocycles. The van der Waals surface area contributed by atoms with Crippen LogP contribution in [0.5, 0.6) is 0 Å². The van der Waals surface area contributed by atoms with Crippen molar-refractivity contribution >= 4 is 5.69 Å². The third-order valence-corrected chi connectivity index (χ3v) is 4.34. The van der Waals surface area contributed by atoms with Crippen LogP contribution in [0.25, 0.3) is 0 Å². The van der Waals surface area contributed by atoms with Gasteiger partial charge in [-0.2, -0.15) is 5.10 Å². The number of anilines is 1. The molecule has 118 valence electrons. The number of aryl methyl sites for hydroxylation is 1. The van der Waals surface area contributed by atoms with Crippen LogP contribution in [0, 0.1) is 0 Å². The van der Waals surface area contributed by atoms with Crippen LogP contribution in [-0.4, -0.2) is 28.0 Å². The van der Waals surface area contributed by atoms with E-state index in [4.69, 9.17) is 0 Å². The maximum atomic E-state index is 10.7. The Balaban J connectivity index is 1.73. The summed E-state index contributed by atoms with van der Waals surface area (Å²) in [6, 6.07) is 8.66. The average Bonchev–Trinajstić information content (AvgIpc) is 2.84. The van der Waals surface area contributed by atoms with Crippen LogP contribution >= 0.6 is 0 Å². The van der Waals surface area contributed by atoms with Gasteiger partial charge in [0, 0.05) is 43.6 Å². The fraction of sp³-hybridized carbons (Fsp3) is 0.471. The molecule has 3 rings (SSSR count). The van der Waals surface area contributed by atoms with Gasteiger partial charge in [0.15, 0.2) is 0 Å². The molecule has 2 atom stereocenters. The number of aromatic nitrogens is 2. The molecule has 1 aromatic carbocycles. The van der Waals surface area contributed by atoms with Crippen molar-refractivity contribution in [2.45, 2.75) is 31.4 Å². The number of rotatable bonds is 4. The highest BCUT2D eigenvalue weighted by Gasteiger charge is 2.27. The van der Waals surface area contributed by atoms with Crippen LogP contribution in [-0.2, 0) is 12.6 Å². The molecule has 3 N–H and O–H groups in total. The van der Waals surface area contributed by atoms with E-state index in [1.807, 2.05) is 20.2 Å². The van der Waals surface area contributed by atoms with E-state index in [1.54, 1.807) is 10.9 Å². The molecule has 0 amide bonds. The van der Waals surface area contributed by atoms with Gasteiger partial charge in [0.05, 0.1) is 6.20 Å². The van der Waals surface area contributed by atoms with Crippen LogP contribution in [0.3, 0.4) is 0 Å². The van der Waals surface area contributed by atoms with E-state index in [9.17, 15) is 5.11 Å². The number of fused-ring (bicyclic) bond motifs is 1. The Kier molecular flexibility index (Phi) is 4.18. The highest BCUT2D eigenvalue weighted by atomic mass is 16.3. The molecule has 5 nitrogen and oxygen atoms in total. The van der Waals surface area contributed by atoms with E-state index in [1.165, 1.54) is 11.3 Å². The highest BCUT2D eigenvalue weighted by Crippen LogP contribution is 2.30. The zero-order valence-corrected chi connectivity index (χ0v) is 13.2. The van der Waals surface area contributed by atoms with Crippen molar-refractivity contribution in [2.24, 2.45) is 7.05 Å². The summed E-state index contributed by atoms with van der Waals surface area (Å²) in [7, 11) is 1.86. The van der Waals surface area contributed by atoms with Crippen LogP contribution in [0.1, 0.15) is 36.9 Å². The smallest absolute Gasteiger partial charge is 0.102 e. The van der Waals surface area contributed by atoms with Crippen molar-refractivity contribution in [3.05, 3.63) is 47.8 Å². The minimum atomic E-state index is -0.928. The average molecular weight is 300 g/mol. The summed E-state index contributed by atoms with van der Waals surface area (Å²) in [6.45, 7) is 3.32. The van der Waals surface area contributed by atoms with Crippen molar-refractivity contribution < 1.29 is 5.11 Å². The predicted octanol–water partition coefficient (Wildman–Crippen LogP) is 2.16. The van der Waals surface area contributed by atoms with Gasteiger partial charge in [0.1, 0.15) is 5.60 Å². The van der Waals surface area contributed by atoms with Gasteiger partial charge in [-0.05, 0) is 31.4 Å². The lowest BCUT2D eigenvalue weighted by Crippen LogP contribution is -2.37. The van der Waals surface area contributed by atoms with E-state index in [0.29, 0.717) is 6.54 Å². The van der Waals surface area contributed by atoms with Crippen LogP contribution in [0.2, 0.25) is 0 Å². The molecule has 1 aliphatic heterocycles. The summed E-state index contributed by atoms with van der Waals surface area (Å²) in [5.74, 6) is 0. The zero-order valence-electron chi connectivity index (χ0n) is 13.2. The van der Waals surface area contributed by atoms with Crippen molar-refractivity contribution in [2.75, 3.05) is 18.4 Å². The third-order valence-electron chi connectivity index (χ3n) is 4.34. The minimum absolute atomic E-state index is 0.259. The van der Waals surface area contributed by atoms with Crippen molar-refractivity contribution in [1.29, 1.82) is 0 Å². The lowest BCUT2D eigenvalue weighted by Gasteiger charge is -2.27. The molecule has 0 saturated heterocycles. The Morgan fingerprint density at radius 3 is 3.05 bits per heavy atom. The number of aliphatic hydroxyl groups is 1. The second kappa shape index (κ2) is 6.10. The maximum Gasteiger partial charge on any atom is 0.102 e. The molecule has 1 aromatic heterocycles. The van der Waals surface area contributed by atoms with Gasteiger partial charge < -0.3 is 15.7 Å². The van der Waals surface area contributed by atoms with Gasteiger partial charge in [-0.1, -0.05) is 18.2 Å². The summed E-state index contributed by atoms with van der Waals surface area (Å²) in [6.07, 6.45) is 5.77. The Labute approximate surface area is 131 Å². The summed E-state index contributed by atoms with van der Waals surface area (Å²) < 4.78 is 1.72. The molecule has 0 radical (unpaired) electrons. The number of hydrogen-bond acceptors (Lipinski definition) is 4. The van der Waals surface area contributed by atoms with Gasteiger partial charge in [0.25, 0.3) is 0 Å². The molecule has 5 heteroatoms. The summed E-state index contributed by atoms with van der Waals surface area (Å²) in [4.78, 5) is 0. The van der Waals surface area contributed by atoms with E-state index < -0.39 is 5.60 Å². The Morgan fingerprint density at radius 2 is 2.27 bits per heavy atom. The topological polar surface area (TPSA) is 62.1 Å². The number of benzene rings is 1. The van der Waals surface area contributed by atoms with E-state index in [2.05, 4.69) is 40.0 Å². The largest absolute Gasteiger partial charge is 0.385 e. The molecular formula is C17H24N4O. The number of nitrogens with one attached hydrogen (secondary N) is 2. The van der Waals surface area contributed by atoms with Gasteiger partial charge in [-0.15, -0.1) is 0 Å². The fourth-order valence-corrected chi connectivity index (χ4v) is 2.98. The molecule has 0 aliphatic carbocycles. The van der Waals surface area contributed by atoms with Gasteiger partial charge >= 0.3 is 0 Å². The van der Waals surface area contributed by atoms with Crippen LogP contribution in [0.15, 0.2) is 36.7 Å². The SMILES string of the molecule is Cn1cc(C(C)(O)CNC2CCCNc3ccccc32)cn1. The van der Waals surface area contributed by atoms with Crippen LogP contribution in [0.4, 0.5) is 5.69 Å². The van der Waals surface area contributed by atoms with E-state index in [0.717, 1.165) is 24.9 Å². The number of para-hydroxylation sites is 1. The standard InChI is InChI=1S/C17H24N4O/c1-17(22,13-10-20-21(2)11-13)12-19-16-8-5-9-18-15-7-4-3-6-14(15)16/h3-4,6-7,10-11,16,18-19,22H,5,8-9,12H2,1-2H3. The molecule has 1 aliphatic rings. The highest BCUT2D eigenvalue weighted by molar-refractivity contribution is 5.53. The first-order valence-corrected chi connectivity index (χ1v) is 7.84. The quantitative estimate of drug-likeness (QED) is 0.810. The van der Waals surface area contributed by atoms with Gasteiger partial charge in [0.2, 0.25) is 0 Å². The van der Waals surface area contributed by atoms with Crippen molar-refractivity contribution in [3.63, 3.8) is 0 Å². The summed E-state index contributed by atoms with van der Waals surface area (Å²) in [5, 5.41) is 21.9. The molecule has 22 heavy (non-hydrogen) atoms. The Morgan fingerprint density at radius 1 is 1.45 bits per heavy atom. The third kappa shape index (κ3) is 3.15. The molecule has 2 unspecified atom stereocenters. The molecule has 2 heterocycles. The first-order valence-electron chi connectivity index (χ1n) is 7.84. The Hall–Kier alpha value is -1.85. The van der Waals surface area contributed by atoms with E-state index >= 15 is 0 Å². The second-order valence-corrected chi connectivity index (χ2v) is 6.27. The fourth-order valence-electron chi connectivity index (χ4n) is 2.98. The van der Waals surface area contributed by atoms with Gasteiger partial charge in [-0.25, -0.2) is 0 Å². The number of hydrogen-bond donors (Lipinski definition) is 3. The first-order chi connectivity index (χ1) is 10.6. The Bertz CT molecular complexity index is 635. The van der Waals surface area contributed by atoms with Gasteiger partial charge in [-0.3, -0.25) is 4.68 Å². The minimum Gasteiger partial charge on any atom is -0.385 e. The second-order valence-electron chi connectivity index (χ2n) is 6.27. The van der Waals surface area contributed by atoms with Crippen molar-refractivity contribution in [1.82, 2.24) is 15.1 Å². The lowest BCUT2D eigenvalue weighted by molar-refractivity contribution is 0.0534. The first kappa shape index (κ1) is 15.1. The maximum absolute atomic E-state index is 10.7. The molecule has 0 bridgehead atoms. The molecular weight excluding hydrogens is 276 g/mol. The lowest BCUT2D eigenvalue weighted by atomic mass is 9.97. The predicted molar refractivity (Wildman–Crippen MR) is 87.7 cm³/mol. The molecule has 2 aromatic rings. The summed E-state index contributed by atoms with van der Waals surface area (Å²) >= 11 is 0. The van der Waals surface area contributed by atoms with E-state index in [-0.39, 0.29) is 6.04 Å².